The van der Waals surface area contributed by atoms with E-state index in [1.54, 1.807) is 12.1 Å². The minimum atomic E-state index is -0.990. The molecule has 0 radical (unpaired) electrons. The second-order valence-electron chi connectivity index (χ2n) is 4.42. The summed E-state index contributed by atoms with van der Waals surface area (Å²) in [4.78, 5) is 4.30. The summed E-state index contributed by atoms with van der Waals surface area (Å²) in [6.07, 6.45) is -0.725. The van der Waals surface area contributed by atoms with Gasteiger partial charge in [0.15, 0.2) is 5.82 Å². The molecule has 2 heterocycles. The molecule has 0 spiro atoms. The van der Waals surface area contributed by atoms with E-state index in [2.05, 4.69) is 10.1 Å². The van der Waals surface area contributed by atoms with Crippen molar-refractivity contribution < 1.29 is 8.78 Å². The maximum atomic E-state index is 13.4. The summed E-state index contributed by atoms with van der Waals surface area (Å²) in [7, 11) is 0. The van der Waals surface area contributed by atoms with Crippen molar-refractivity contribution in [2.75, 3.05) is 0 Å². The van der Waals surface area contributed by atoms with Crippen LogP contribution in [0, 0.1) is 5.82 Å². The quantitative estimate of drug-likeness (QED) is 0.840. The van der Waals surface area contributed by atoms with E-state index >= 15 is 0 Å². The van der Waals surface area contributed by atoms with Gasteiger partial charge < -0.3 is 5.73 Å². The van der Waals surface area contributed by atoms with Crippen LogP contribution in [-0.4, -0.2) is 20.9 Å². The molecule has 3 rings (SSSR count). The second-order valence-corrected chi connectivity index (χ2v) is 4.42. The van der Waals surface area contributed by atoms with Gasteiger partial charge in [-0.3, -0.25) is 0 Å². The molecule has 6 heteroatoms. The van der Waals surface area contributed by atoms with Crippen LogP contribution in [-0.2, 0) is 6.54 Å². The van der Waals surface area contributed by atoms with Crippen molar-refractivity contribution >= 4 is 0 Å². The molecule has 1 aliphatic rings. The second kappa shape index (κ2) is 4.13. The highest BCUT2D eigenvalue weighted by Gasteiger charge is 2.27. The van der Waals surface area contributed by atoms with Crippen LogP contribution in [0.4, 0.5) is 8.78 Å². The number of fused-ring (bicyclic) bond motifs is 1. The molecular weight excluding hydrogens is 238 g/mol. The average molecular weight is 250 g/mol. The van der Waals surface area contributed by atoms with Crippen LogP contribution in [0.15, 0.2) is 24.3 Å². The summed E-state index contributed by atoms with van der Waals surface area (Å²) in [5.41, 5.74) is 6.52. The average Bonchev–Trinajstić information content (AvgIpc) is 2.74. The number of halogens is 2. The maximum Gasteiger partial charge on any atom is 0.181 e. The fraction of sp³-hybridized carbons (Fsp3) is 0.333. The van der Waals surface area contributed by atoms with Crippen molar-refractivity contribution in [2.24, 2.45) is 5.73 Å². The Labute approximate surface area is 102 Å². The molecule has 2 unspecified atom stereocenters. The summed E-state index contributed by atoms with van der Waals surface area (Å²) in [6.45, 7) is 0.178. The van der Waals surface area contributed by atoms with Gasteiger partial charge in [0.05, 0.1) is 12.6 Å². The van der Waals surface area contributed by atoms with Gasteiger partial charge in [-0.1, -0.05) is 0 Å². The number of hydrogen-bond acceptors (Lipinski definition) is 3. The fourth-order valence-electron chi connectivity index (χ4n) is 2.13. The van der Waals surface area contributed by atoms with E-state index in [4.69, 9.17) is 5.73 Å². The summed E-state index contributed by atoms with van der Waals surface area (Å²) in [5, 5.41) is 4.21. The highest BCUT2D eigenvalue weighted by molar-refractivity contribution is 5.54. The van der Waals surface area contributed by atoms with Crippen molar-refractivity contribution in [3.63, 3.8) is 0 Å². The lowest BCUT2D eigenvalue weighted by molar-refractivity contribution is 0.220. The Balaban J connectivity index is 2.00. The first-order valence-electron chi connectivity index (χ1n) is 5.74. The number of hydrogen-bond donors (Lipinski definition) is 1. The molecule has 1 aliphatic heterocycles. The van der Waals surface area contributed by atoms with Gasteiger partial charge in [-0.2, -0.15) is 5.10 Å². The number of aromatic nitrogens is 3. The van der Waals surface area contributed by atoms with Crippen LogP contribution in [0.1, 0.15) is 18.3 Å². The molecule has 0 saturated heterocycles. The Morgan fingerprint density at radius 2 is 2.00 bits per heavy atom. The standard InChI is InChI=1S/C12H12F2N4/c13-8-3-1-7(2-4-8)11-16-12-10(15)5-9(14)6-18(12)17-11/h1-4,9-10H,5-6,15H2. The number of nitrogens with zero attached hydrogens (tertiary/aromatic N) is 3. The molecule has 4 nitrogen and oxygen atoms in total. The SMILES string of the molecule is NC1CC(F)Cn2nc(-c3ccc(F)cc3)nc21. The van der Waals surface area contributed by atoms with Crippen LogP contribution >= 0.6 is 0 Å². The third-order valence-electron chi connectivity index (χ3n) is 3.02. The Morgan fingerprint density at radius 3 is 2.72 bits per heavy atom. The van der Waals surface area contributed by atoms with Gasteiger partial charge in [0.2, 0.25) is 0 Å². The minimum absolute atomic E-state index is 0.178. The molecule has 0 amide bonds. The van der Waals surface area contributed by atoms with Crippen molar-refractivity contribution in [2.45, 2.75) is 25.2 Å². The highest BCUT2D eigenvalue weighted by atomic mass is 19.1. The van der Waals surface area contributed by atoms with E-state index in [0.29, 0.717) is 17.2 Å². The van der Waals surface area contributed by atoms with Crippen molar-refractivity contribution in [3.05, 3.63) is 35.9 Å². The zero-order chi connectivity index (χ0) is 12.7. The predicted octanol–water partition coefficient (Wildman–Crippen LogP) is 1.83. The molecule has 2 atom stereocenters. The molecule has 2 N–H and O–H groups in total. The van der Waals surface area contributed by atoms with Crippen LogP contribution in [0.5, 0.6) is 0 Å². The molecule has 0 aliphatic carbocycles. The predicted molar refractivity (Wildman–Crippen MR) is 61.9 cm³/mol. The number of alkyl halides is 1. The number of rotatable bonds is 1. The summed E-state index contributed by atoms with van der Waals surface area (Å²) in [6, 6.07) is 5.43. The van der Waals surface area contributed by atoms with Crippen LogP contribution < -0.4 is 5.73 Å². The zero-order valence-electron chi connectivity index (χ0n) is 9.55. The zero-order valence-corrected chi connectivity index (χ0v) is 9.55. The van der Waals surface area contributed by atoms with E-state index in [0.717, 1.165) is 0 Å². The highest BCUT2D eigenvalue weighted by Crippen LogP contribution is 2.26. The normalized spacial score (nSPS) is 22.8. The van der Waals surface area contributed by atoms with E-state index in [-0.39, 0.29) is 18.8 Å². The minimum Gasteiger partial charge on any atom is -0.321 e. The third kappa shape index (κ3) is 1.88. The molecule has 94 valence electrons. The van der Waals surface area contributed by atoms with Crippen molar-refractivity contribution in [1.82, 2.24) is 14.8 Å². The Bertz CT molecular complexity index is 564. The van der Waals surface area contributed by atoms with Crippen LogP contribution in [0.3, 0.4) is 0 Å². The largest absolute Gasteiger partial charge is 0.321 e. The van der Waals surface area contributed by atoms with Crippen molar-refractivity contribution in [1.29, 1.82) is 0 Å². The first-order chi connectivity index (χ1) is 8.63. The maximum absolute atomic E-state index is 13.4. The first kappa shape index (κ1) is 11.3. The number of nitrogens with two attached hydrogens (primary N) is 1. The molecule has 0 fully saturated rings. The van der Waals surface area contributed by atoms with Crippen LogP contribution in [0.2, 0.25) is 0 Å². The summed E-state index contributed by atoms with van der Waals surface area (Å²) in [5.74, 6) is 0.723. The molecule has 1 aromatic carbocycles. The van der Waals surface area contributed by atoms with Gasteiger partial charge in [0.1, 0.15) is 17.8 Å². The molecule has 18 heavy (non-hydrogen) atoms. The van der Waals surface area contributed by atoms with Gasteiger partial charge in [-0.05, 0) is 24.3 Å². The fourth-order valence-corrected chi connectivity index (χ4v) is 2.13. The van der Waals surface area contributed by atoms with Gasteiger partial charge in [-0.25, -0.2) is 18.4 Å². The van der Waals surface area contributed by atoms with E-state index in [9.17, 15) is 8.78 Å². The van der Waals surface area contributed by atoms with Gasteiger partial charge in [0, 0.05) is 12.0 Å². The Hall–Kier alpha value is -1.82. The summed E-state index contributed by atoms with van der Waals surface area (Å²) >= 11 is 0. The first-order valence-corrected chi connectivity index (χ1v) is 5.74. The van der Waals surface area contributed by atoms with E-state index in [1.807, 2.05) is 0 Å². The van der Waals surface area contributed by atoms with Gasteiger partial charge in [0.25, 0.3) is 0 Å². The Morgan fingerprint density at radius 1 is 1.28 bits per heavy atom. The lowest BCUT2D eigenvalue weighted by Crippen LogP contribution is -2.30. The molecule has 2 aromatic rings. The topological polar surface area (TPSA) is 56.7 Å². The lowest BCUT2D eigenvalue weighted by Gasteiger charge is -2.21. The molecule has 0 saturated carbocycles. The molecular formula is C12H12F2N4. The van der Waals surface area contributed by atoms with Crippen molar-refractivity contribution in [3.8, 4) is 11.4 Å². The lowest BCUT2D eigenvalue weighted by atomic mass is 10.1. The van der Waals surface area contributed by atoms with Gasteiger partial charge >= 0.3 is 0 Å². The Kier molecular flexibility index (Phi) is 2.59. The third-order valence-corrected chi connectivity index (χ3v) is 3.02. The molecule has 1 aromatic heterocycles. The van der Waals surface area contributed by atoms with E-state index in [1.165, 1.54) is 16.8 Å². The molecule has 0 bridgehead atoms. The monoisotopic (exact) mass is 250 g/mol. The summed E-state index contributed by atoms with van der Waals surface area (Å²) < 4.78 is 27.7. The van der Waals surface area contributed by atoms with E-state index < -0.39 is 12.2 Å². The number of benzene rings is 1. The van der Waals surface area contributed by atoms with Gasteiger partial charge in [-0.15, -0.1) is 0 Å². The van der Waals surface area contributed by atoms with Crippen LogP contribution in [0.25, 0.3) is 11.4 Å². The smallest absolute Gasteiger partial charge is 0.181 e.